The highest BCUT2D eigenvalue weighted by atomic mass is 32.2. The van der Waals surface area contributed by atoms with Gasteiger partial charge in [-0.25, -0.2) is 22.9 Å². The Morgan fingerprint density at radius 2 is 1.85 bits per heavy atom. The van der Waals surface area contributed by atoms with Crippen LogP contribution in [-0.2, 0) is 9.84 Å². The third kappa shape index (κ3) is 3.76. The second-order valence-corrected chi connectivity index (χ2v) is 10.3. The SMILES string of the molecule is O=S1(=O)CCN(c2ccc(Nc3nc(-c4ccc5cn[nH]c5c4)cn4ncnc34)cc2)CC1. The molecule has 166 valence electrons. The number of H-pyrrole nitrogens is 1. The summed E-state index contributed by atoms with van der Waals surface area (Å²) in [5.74, 6) is 0.976. The van der Waals surface area contributed by atoms with Crippen molar-refractivity contribution in [3.63, 3.8) is 0 Å². The van der Waals surface area contributed by atoms with Gasteiger partial charge in [0.1, 0.15) is 6.33 Å². The summed E-state index contributed by atoms with van der Waals surface area (Å²) in [7, 11) is -2.91. The van der Waals surface area contributed by atoms with E-state index in [0.29, 0.717) is 24.6 Å². The molecule has 0 aliphatic carbocycles. The molecule has 0 unspecified atom stereocenters. The first-order chi connectivity index (χ1) is 16.0. The molecular weight excluding hydrogens is 440 g/mol. The first-order valence-electron chi connectivity index (χ1n) is 10.5. The van der Waals surface area contributed by atoms with Crippen LogP contribution in [0.25, 0.3) is 27.8 Å². The van der Waals surface area contributed by atoms with Crippen LogP contribution in [-0.4, -0.2) is 62.8 Å². The van der Waals surface area contributed by atoms with E-state index in [9.17, 15) is 8.42 Å². The zero-order chi connectivity index (χ0) is 22.4. The molecule has 0 spiro atoms. The van der Waals surface area contributed by atoms with Gasteiger partial charge in [0, 0.05) is 35.4 Å². The van der Waals surface area contributed by atoms with Crippen LogP contribution in [0, 0.1) is 0 Å². The summed E-state index contributed by atoms with van der Waals surface area (Å²) in [6.45, 7) is 1.03. The maximum atomic E-state index is 11.7. The molecule has 33 heavy (non-hydrogen) atoms. The Morgan fingerprint density at radius 3 is 2.67 bits per heavy atom. The first kappa shape index (κ1) is 19.7. The number of anilines is 3. The number of nitrogens with one attached hydrogen (secondary N) is 2. The molecule has 6 rings (SSSR count). The fraction of sp³-hybridized carbons (Fsp3) is 0.182. The van der Waals surface area contributed by atoms with E-state index in [1.54, 1.807) is 10.7 Å². The number of hydrogen-bond donors (Lipinski definition) is 2. The van der Waals surface area contributed by atoms with Gasteiger partial charge in [0.25, 0.3) is 0 Å². The lowest BCUT2D eigenvalue weighted by Crippen LogP contribution is -2.40. The molecule has 4 heterocycles. The van der Waals surface area contributed by atoms with Crippen molar-refractivity contribution in [2.75, 3.05) is 34.8 Å². The molecule has 3 aromatic heterocycles. The van der Waals surface area contributed by atoms with Crippen molar-refractivity contribution in [2.24, 2.45) is 0 Å². The summed E-state index contributed by atoms with van der Waals surface area (Å²) < 4.78 is 25.1. The van der Waals surface area contributed by atoms with E-state index in [2.05, 4.69) is 30.5 Å². The van der Waals surface area contributed by atoms with Crippen molar-refractivity contribution in [1.29, 1.82) is 0 Å². The smallest absolute Gasteiger partial charge is 0.198 e. The molecule has 2 aromatic carbocycles. The number of fused-ring (bicyclic) bond motifs is 2. The van der Waals surface area contributed by atoms with E-state index in [1.165, 1.54) is 6.33 Å². The minimum Gasteiger partial charge on any atom is -0.369 e. The van der Waals surface area contributed by atoms with Crippen molar-refractivity contribution < 1.29 is 8.42 Å². The third-order valence-electron chi connectivity index (χ3n) is 5.84. The van der Waals surface area contributed by atoms with Crippen LogP contribution >= 0.6 is 0 Å². The highest BCUT2D eigenvalue weighted by molar-refractivity contribution is 7.91. The van der Waals surface area contributed by atoms with E-state index in [-0.39, 0.29) is 11.5 Å². The molecular formula is C22H20N8O2S. The molecule has 0 radical (unpaired) electrons. The second kappa shape index (κ2) is 7.55. The van der Waals surface area contributed by atoms with Crippen molar-refractivity contribution in [1.82, 2.24) is 29.8 Å². The van der Waals surface area contributed by atoms with Gasteiger partial charge in [-0.3, -0.25) is 5.10 Å². The number of sulfone groups is 1. The molecule has 1 saturated heterocycles. The van der Waals surface area contributed by atoms with Crippen LogP contribution in [0.2, 0.25) is 0 Å². The minimum atomic E-state index is -2.91. The van der Waals surface area contributed by atoms with Gasteiger partial charge in [0.2, 0.25) is 0 Å². The maximum Gasteiger partial charge on any atom is 0.198 e. The van der Waals surface area contributed by atoms with E-state index in [4.69, 9.17) is 4.98 Å². The molecule has 0 amide bonds. The molecule has 0 atom stereocenters. The highest BCUT2D eigenvalue weighted by Gasteiger charge is 2.21. The lowest BCUT2D eigenvalue weighted by atomic mass is 10.1. The van der Waals surface area contributed by atoms with Gasteiger partial charge < -0.3 is 10.2 Å². The first-order valence-corrected chi connectivity index (χ1v) is 12.3. The average molecular weight is 461 g/mol. The summed E-state index contributed by atoms with van der Waals surface area (Å²) in [5, 5.41) is 15.7. The zero-order valence-corrected chi connectivity index (χ0v) is 18.3. The van der Waals surface area contributed by atoms with Crippen LogP contribution in [0.4, 0.5) is 17.2 Å². The maximum absolute atomic E-state index is 11.7. The molecule has 1 aliphatic rings. The quantitative estimate of drug-likeness (QED) is 0.420. The Bertz CT molecular complexity index is 1560. The van der Waals surface area contributed by atoms with Gasteiger partial charge in [0.15, 0.2) is 21.3 Å². The number of rotatable bonds is 4. The Kier molecular flexibility index (Phi) is 4.50. The summed E-state index contributed by atoms with van der Waals surface area (Å²) in [6, 6.07) is 13.9. The fourth-order valence-electron chi connectivity index (χ4n) is 4.01. The van der Waals surface area contributed by atoms with Crippen LogP contribution in [0.3, 0.4) is 0 Å². The van der Waals surface area contributed by atoms with Gasteiger partial charge in [0.05, 0.1) is 35.1 Å². The van der Waals surface area contributed by atoms with Gasteiger partial charge in [-0.15, -0.1) is 0 Å². The van der Waals surface area contributed by atoms with E-state index in [1.807, 2.05) is 48.7 Å². The second-order valence-electron chi connectivity index (χ2n) is 7.99. The molecule has 11 heteroatoms. The number of aromatic amines is 1. The Balaban J connectivity index is 1.30. The van der Waals surface area contributed by atoms with Crippen molar-refractivity contribution >= 4 is 43.6 Å². The molecule has 1 fully saturated rings. The predicted molar refractivity (Wildman–Crippen MR) is 126 cm³/mol. The molecule has 0 bridgehead atoms. The Labute approximate surface area is 189 Å². The molecule has 2 N–H and O–H groups in total. The van der Waals surface area contributed by atoms with Crippen LogP contribution in [0.1, 0.15) is 0 Å². The van der Waals surface area contributed by atoms with E-state index in [0.717, 1.165) is 33.5 Å². The van der Waals surface area contributed by atoms with Crippen molar-refractivity contribution in [2.45, 2.75) is 0 Å². The van der Waals surface area contributed by atoms with Crippen LogP contribution in [0.5, 0.6) is 0 Å². The molecule has 5 aromatic rings. The fourth-order valence-corrected chi connectivity index (χ4v) is 5.21. The van der Waals surface area contributed by atoms with Gasteiger partial charge in [-0.05, 0) is 30.3 Å². The van der Waals surface area contributed by atoms with Crippen molar-refractivity contribution in [3.8, 4) is 11.3 Å². The molecule has 10 nitrogen and oxygen atoms in total. The number of hydrogen-bond acceptors (Lipinski definition) is 8. The predicted octanol–water partition coefficient (Wildman–Crippen LogP) is 2.65. The minimum absolute atomic E-state index is 0.193. The molecule has 0 saturated carbocycles. The summed E-state index contributed by atoms with van der Waals surface area (Å²) >= 11 is 0. The summed E-state index contributed by atoms with van der Waals surface area (Å²) in [5.41, 5.74) is 5.08. The lowest BCUT2D eigenvalue weighted by molar-refractivity contribution is 0.587. The third-order valence-corrected chi connectivity index (χ3v) is 7.45. The normalized spacial score (nSPS) is 15.8. The van der Waals surface area contributed by atoms with Gasteiger partial charge in [-0.2, -0.15) is 10.2 Å². The largest absolute Gasteiger partial charge is 0.369 e. The number of nitrogens with zero attached hydrogens (tertiary/aromatic N) is 6. The van der Waals surface area contributed by atoms with E-state index < -0.39 is 9.84 Å². The van der Waals surface area contributed by atoms with Crippen LogP contribution in [0.15, 0.2) is 61.2 Å². The van der Waals surface area contributed by atoms with Crippen LogP contribution < -0.4 is 10.2 Å². The summed E-state index contributed by atoms with van der Waals surface area (Å²) in [4.78, 5) is 11.2. The van der Waals surface area contributed by atoms with Gasteiger partial charge >= 0.3 is 0 Å². The Hall–Kier alpha value is -3.99. The Morgan fingerprint density at radius 1 is 1.03 bits per heavy atom. The lowest BCUT2D eigenvalue weighted by Gasteiger charge is -2.28. The molecule has 1 aliphatic heterocycles. The van der Waals surface area contributed by atoms with E-state index >= 15 is 0 Å². The number of aromatic nitrogens is 6. The summed E-state index contributed by atoms with van der Waals surface area (Å²) in [6.07, 6.45) is 5.13. The topological polar surface area (TPSA) is 121 Å². The monoisotopic (exact) mass is 460 g/mol. The highest BCUT2D eigenvalue weighted by Crippen LogP contribution is 2.27. The van der Waals surface area contributed by atoms with Crippen molar-refractivity contribution in [3.05, 3.63) is 61.2 Å². The number of benzene rings is 2. The van der Waals surface area contributed by atoms with Gasteiger partial charge in [-0.1, -0.05) is 12.1 Å². The standard InChI is InChI=1S/C22H20N8O2S/c31-33(32)9-7-29(8-10-33)18-5-3-17(4-6-18)26-21-22-23-14-25-30(22)13-20(27-21)15-1-2-16-12-24-28-19(16)11-15/h1-6,11-14H,7-10H2,(H,24,28)(H,26,27). The zero-order valence-electron chi connectivity index (χ0n) is 17.5. The average Bonchev–Trinajstić information content (AvgIpc) is 3.48.